The van der Waals surface area contributed by atoms with E-state index >= 15 is 0 Å². The Labute approximate surface area is 99.0 Å². The Morgan fingerprint density at radius 1 is 1.06 bits per heavy atom. The number of aliphatic hydroxyl groups is 1. The van der Waals surface area contributed by atoms with Crippen molar-refractivity contribution in [3.63, 3.8) is 0 Å². The van der Waals surface area contributed by atoms with Crippen molar-refractivity contribution in [2.24, 2.45) is 17.8 Å². The molecule has 1 N–H and O–H groups in total. The molecular formula is C14H25NO. The molecule has 0 amide bonds. The predicted octanol–water partition coefficient (Wildman–Crippen LogP) is 2.27. The number of likely N-dealkylation sites (tertiary alicyclic amines) is 1. The van der Waals surface area contributed by atoms with Gasteiger partial charge in [0.1, 0.15) is 0 Å². The van der Waals surface area contributed by atoms with Crippen LogP contribution in [0, 0.1) is 17.8 Å². The topological polar surface area (TPSA) is 23.5 Å². The highest BCUT2D eigenvalue weighted by atomic mass is 16.3. The summed E-state index contributed by atoms with van der Waals surface area (Å²) < 4.78 is 0. The van der Waals surface area contributed by atoms with Gasteiger partial charge in [-0.05, 0) is 49.9 Å². The van der Waals surface area contributed by atoms with Gasteiger partial charge in [0.25, 0.3) is 0 Å². The molecule has 16 heavy (non-hydrogen) atoms. The first-order valence-electron chi connectivity index (χ1n) is 7.09. The minimum Gasteiger partial charge on any atom is -0.391 e. The molecule has 6 atom stereocenters. The summed E-state index contributed by atoms with van der Waals surface area (Å²) >= 11 is 0. The van der Waals surface area contributed by atoms with Gasteiger partial charge in [-0.15, -0.1) is 0 Å². The molecule has 92 valence electrons. The zero-order valence-corrected chi connectivity index (χ0v) is 10.6. The first-order chi connectivity index (χ1) is 7.65. The average molecular weight is 223 g/mol. The van der Waals surface area contributed by atoms with Crippen molar-refractivity contribution in [3.05, 3.63) is 0 Å². The number of hydrogen-bond donors (Lipinski definition) is 1. The maximum absolute atomic E-state index is 10.4. The summed E-state index contributed by atoms with van der Waals surface area (Å²) in [4.78, 5) is 2.66. The summed E-state index contributed by atoms with van der Waals surface area (Å²) in [6, 6.07) is 1.27. The molecule has 3 fully saturated rings. The fourth-order valence-electron chi connectivity index (χ4n) is 4.68. The standard InChI is InChI=1S/C14H25NO/c1-9-5-10(2)14(13(16)6-9)15-8-11-3-4-12(15)7-11/h9-14,16H,3-8H2,1-2H3. The number of rotatable bonds is 1. The van der Waals surface area contributed by atoms with E-state index < -0.39 is 0 Å². The molecule has 2 bridgehead atoms. The van der Waals surface area contributed by atoms with Crippen molar-refractivity contribution in [2.75, 3.05) is 6.54 Å². The monoisotopic (exact) mass is 223 g/mol. The zero-order valence-electron chi connectivity index (χ0n) is 10.6. The summed E-state index contributed by atoms with van der Waals surface area (Å²) in [6.45, 7) is 5.90. The Morgan fingerprint density at radius 2 is 1.88 bits per heavy atom. The quantitative estimate of drug-likeness (QED) is 0.737. The molecule has 1 aliphatic heterocycles. The third-order valence-corrected chi connectivity index (χ3v) is 5.23. The van der Waals surface area contributed by atoms with Gasteiger partial charge >= 0.3 is 0 Å². The van der Waals surface area contributed by atoms with Crippen molar-refractivity contribution in [3.8, 4) is 0 Å². The molecule has 2 nitrogen and oxygen atoms in total. The van der Waals surface area contributed by atoms with Crippen molar-refractivity contribution in [1.29, 1.82) is 0 Å². The van der Waals surface area contributed by atoms with Gasteiger partial charge in [-0.25, -0.2) is 0 Å². The van der Waals surface area contributed by atoms with E-state index in [2.05, 4.69) is 18.7 Å². The number of nitrogens with zero attached hydrogens (tertiary/aromatic N) is 1. The predicted molar refractivity (Wildman–Crippen MR) is 65.2 cm³/mol. The SMILES string of the molecule is CC1CC(C)C(N2CC3CCC2C3)C(O)C1. The average Bonchev–Trinajstić information content (AvgIpc) is 2.77. The van der Waals surface area contributed by atoms with Gasteiger partial charge in [0, 0.05) is 18.6 Å². The molecule has 2 aliphatic carbocycles. The lowest BCUT2D eigenvalue weighted by atomic mass is 9.77. The lowest BCUT2D eigenvalue weighted by molar-refractivity contribution is -0.0361. The van der Waals surface area contributed by atoms with Crippen LogP contribution in [0.1, 0.15) is 46.0 Å². The summed E-state index contributed by atoms with van der Waals surface area (Å²) in [5, 5.41) is 10.4. The van der Waals surface area contributed by atoms with Gasteiger partial charge in [-0.1, -0.05) is 13.8 Å². The molecule has 3 aliphatic rings. The Bertz CT molecular complexity index is 255. The van der Waals surface area contributed by atoms with Crippen LogP contribution in [0.2, 0.25) is 0 Å². The van der Waals surface area contributed by atoms with E-state index in [9.17, 15) is 5.11 Å². The molecule has 0 aromatic carbocycles. The minimum absolute atomic E-state index is 0.0712. The molecule has 0 aromatic heterocycles. The van der Waals surface area contributed by atoms with Crippen LogP contribution in [0.25, 0.3) is 0 Å². The smallest absolute Gasteiger partial charge is 0.0700 e. The van der Waals surface area contributed by atoms with Crippen LogP contribution >= 0.6 is 0 Å². The van der Waals surface area contributed by atoms with Crippen LogP contribution < -0.4 is 0 Å². The largest absolute Gasteiger partial charge is 0.391 e. The van der Waals surface area contributed by atoms with Crippen LogP contribution in [0.5, 0.6) is 0 Å². The Morgan fingerprint density at radius 3 is 2.44 bits per heavy atom. The number of hydrogen-bond acceptors (Lipinski definition) is 2. The van der Waals surface area contributed by atoms with Crippen LogP contribution in [0.3, 0.4) is 0 Å². The zero-order chi connectivity index (χ0) is 11.3. The first kappa shape index (κ1) is 11.0. The second-order valence-electron chi connectivity index (χ2n) is 6.64. The highest BCUT2D eigenvalue weighted by molar-refractivity contribution is 5.00. The van der Waals surface area contributed by atoms with Crippen LogP contribution in [0.15, 0.2) is 0 Å². The van der Waals surface area contributed by atoms with Gasteiger partial charge < -0.3 is 5.11 Å². The summed E-state index contributed by atoms with van der Waals surface area (Å²) in [7, 11) is 0. The molecule has 0 spiro atoms. The fourth-order valence-corrected chi connectivity index (χ4v) is 4.68. The molecular weight excluding hydrogens is 198 g/mol. The van der Waals surface area contributed by atoms with Gasteiger partial charge in [-0.2, -0.15) is 0 Å². The molecule has 2 saturated carbocycles. The third-order valence-electron chi connectivity index (χ3n) is 5.23. The normalized spacial score (nSPS) is 53.4. The molecule has 1 saturated heterocycles. The van der Waals surface area contributed by atoms with Crippen LogP contribution in [0.4, 0.5) is 0 Å². The molecule has 0 aromatic rings. The molecule has 6 unspecified atom stereocenters. The second-order valence-corrected chi connectivity index (χ2v) is 6.64. The third kappa shape index (κ3) is 1.70. The van der Waals surface area contributed by atoms with Gasteiger partial charge in [0.15, 0.2) is 0 Å². The van der Waals surface area contributed by atoms with Crippen molar-refractivity contribution in [2.45, 2.75) is 64.1 Å². The summed E-state index contributed by atoms with van der Waals surface area (Å²) in [5.74, 6) is 2.34. The summed E-state index contributed by atoms with van der Waals surface area (Å²) in [5.41, 5.74) is 0. The van der Waals surface area contributed by atoms with E-state index in [1.54, 1.807) is 0 Å². The van der Waals surface area contributed by atoms with Crippen LogP contribution in [-0.4, -0.2) is 34.7 Å². The van der Waals surface area contributed by atoms with Crippen molar-refractivity contribution >= 4 is 0 Å². The summed E-state index contributed by atoms with van der Waals surface area (Å²) in [6.07, 6.45) is 6.48. The van der Waals surface area contributed by atoms with E-state index in [-0.39, 0.29) is 6.10 Å². The van der Waals surface area contributed by atoms with Gasteiger partial charge in [-0.3, -0.25) is 4.90 Å². The maximum Gasteiger partial charge on any atom is 0.0700 e. The van der Waals surface area contributed by atoms with E-state index in [0.717, 1.165) is 18.4 Å². The molecule has 2 heteroatoms. The number of fused-ring (bicyclic) bond motifs is 2. The fraction of sp³-hybridized carbons (Fsp3) is 1.00. The van der Waals surface area contributed by atoms with E-state index in [4.69, 9.17) is 0 Å². The highest BCUT2D eigenvalue weighted by Crippen LogP contribution is 2.43. The van der Waals surface area contributed by atoms with E-state index in [1.807, 2.05) is 0 Å². The molecule has 3 rings (SSSR count). The lowest BCUT2D eigenvalue weighted by Crippen LogP contribution is -2.53. The van der Waals surface area contributed by atoms with E-state index in [0.29, 0.717) is 17.9 Å². The van der Waals surface area contributed by atoms with Crippen molar-refractivity contribution < 1.29 is 5.11 Å². The Kier molecular flexibility index (Phi) is 2.75. The number of aliphatic hydroxyl groups excluding tert-OH is 1. The number of piperidine rings is 1. The molecule has 1 heterocycles. The van der Waals surface area contributed by atoms with E-state index in [1.165, 1.54) is 32.2 Å². The van der Waals surface area contributed by atoms with Gasteiger partial charge in [0.2, 0.25) is 0 Å². The second kappa shape index (κ2) is 3.99. The Balaban J connectivity index is 1.73. The first-order valence-corrected chi connectivity index (χ1v) is 7.09. The highest BCUT2D eigenvalue weighted by Gasteiger charge is 2.46. The molecule has 0 radical (unpaired) electrons. The lowest BCUT2D eigenvalue weighted by Gasteiger charge is -2.45. The minimum atomic E-state index is -0.0712. The van der Waals surface area contributed by atoms with Crippen molar-refractivity contribution in [1.82, 2.24) is 4.90 Å². The Hall–Kier alpha value is -0.0800. The van der Waals surface area contributed by atoms with Crippen LogP contribution in [-0.2, 0) is 0 Å². The van der Waals surface area contributed by atoms with Gasteiger partial charge in [0.05, 0.1) is 6.10 Å². The maximum atomic E-state index is 10.4.